The molecule has 0 spiro atoms. The van der Waals surface area contributed by atoms with Crippen LogP contribution < -0.4 is 10.5 Å². The Labute approximate surface area is 183 Å². The summed E-state index contributed by atoms with van der Waals surface area (Å²) >= 11 is 0. The van der Waals surface area contributed by atoms with E-state index in [1.165, 1.54) is 12.1 Å². The Morgan fingerprint density at radius 2 is 2.06 bits per heavy atom. The minimum Gasteiger partial charge on any atom is -0.482 e. The van der Waals surface area contributed by atoms with Crippen LogP contribution in [0.4, 0.5) is 10.2 Å². The van der Waals surface area contributed by atoms with E-state index in [1.54, 1.807) is 34.7 Å². The summed E-state index contributed by atoms with van der Waals surface area (Å²) in [6.07, 6.45) is 1.52. The maximum atomic E-state index is 14.2. The Balaban J connectivity index is 1.85. The molecule has 0 radical (unpaired) electrons. The molecule has 0 saturated heterocycles. The highest BCUT2D eigenvalue weighted by atomic mass is 19.1. The minimum atomic E-state index is -0.541. The smallest absolute Gasteiger partial charge is 0.170 e. The fraction of sp³-hybridized carbons (Fsp3) is 0.217. The second-order valence-corrected chi connectivity index (χ2v) is 7.84. The van der Waals surface area contributed by atoms with Crippen molar-refractivity contribution >= 4 is 5.82 Å². The summed E-state index contributed by atoms with van der Waals surface area (Å²) in [6.45, 7) is 3.72. The third kappa shape index (κ3) is 3.08. The van der Waals surface area contributed by atoms with Gasteiger partial charge in [-0.2, -0.15) is 15.5 Å². The number of anilines is 1. The summed E-state index contributed by atoms with van der Waals surface area (Å²) in [6, 6.07) is 10.4. The number of benzene rings is 1. The number of nitrogen functional groups attached to an aromatic ring is 1. The summed E-state index contributed by atoms with van der Waals surface area (Å²) in [5, 5.41) is 18.8. The molecule has 8 nitrogen and oxygen atoms in total. The number of fused-ring (bicyclic) bond motifs is 7. The lowest BCUT2D eigenvalue weighted by molar-refractivity contribution is 0.226. The molecular formula is C23H20FN7O. The lowest BCUT2D eigenvalue weighted by Gasteiger charge is -2.21. The van der Waals surface area contributed by atoms with Gasteiger partial charge >= 0.3 is 0 Å². The average molecular weight is 429 g/mol. The zero-order valence-electron chi connectivity index (χ0n) is 17.8. The minimum absolute atomic E-state index is 0.204. The first-order chi connectivity index (χ1) is 15.4. The van der Waals surface area contributed by atoms with Gasteiger partial charge in [-0.05, 0) is 44.2 Å². The summed E-state index contributed by atoms with van der Waals surface area (Å²) in [5.41, 5.74) is 11.6. The van der Waals surface area contributed by atoms with E-state index in [0.29, 0.717) is 34.5 Å². The number of rotatable bonds is 0. The average Bonchev–Trinajstić information content (AvgIpc) is 3.28. The fourth-order valence-electron chi connectivity index (χ4n) is 4.19. The molecule has 9 heteroatoms. The largest absolute Gasteiger partial charge is 0.482 e. The molecule has 5 rings (SSSR count). The zero-order chi connectivity index (χ0) is 22.6. The van der Waals surface area contributed by atoms with Crippen molar-refractivity contribution in [3.63, 3.8) is 0 Å². The number of nitriles is 1. The summed E-state index contributed by atoms with van der Waals surface area (Å²) in [4.78, 5) is 4.28. The first-order valence-corrected chi connectivity index (χ1v) is 10.1. The molecular weight excluding hydrogens is 409 g/mol. The van der Waals surface area contributed by atoms with Gasteiger partial charge in [-0.25, -0.2) is 14.1 Å². The molecule has 0 amide bonds. The van der Waals surface area contributed by atoms with E-state index in [-0.39, 0.29) is 17.3 Å². The van der Waals surface area contributed by atoms with Gasteiger partial charge in [0, 0.05) is 36.4 Å². The number of hydrogen-bond acceptors (Lipinski definition) is 6. The van der Waals surface area contributed by atoms with Gasteiger partial charge in [-0.1, -0.05) is 0 Å². The van der Waals surface area contributed by atoms with Gasteiger partial charge in [0.1, 0.15) is 18.0 Å². The van der Waals surface area contributed by atoms with Crippen LogP contribution in [0.5, 0.6) is 5.75 Å². The highest BCUT2D eigenvalue weighted by Gasteiger charge is 2.25. The summed E-state index contributed by atoms with van der Waals surface area (Å²) in [7, 11) is 1.80. The number of nitrogens with two attached hydrogens (primary N) is 1. The molecule has 4 aromatic rings. The number of aryl methyl sites for hydroxylation is 2. The molecule has 160 valence electrons. The van der Waals surface area contributed by atoms with Gasteiger partial charge in [-0.3, -0.25) is 4.68 Å². The quantitative estimate of drug-likeness (QED) is 0.458. The van der Waals surface area contributed by atoms with Crippen LogP contribution >= 0.6 is 0 Å². The van der Waals surface area contributed by atoms with E-state index in [0.717, 1.165) is 17.1 Å². The first kappa shape index (κ1) is 19.8. The zero-order valence-corrected chi connectivity index (χ0v) is 17.8. The fourth-order valence-corrected chi connectivity index (χ4v) is 4.19. The molecule has 2 N–H and O–H groups in total. The number of ether oxygens (including phenoxy) is 1. The van der Waals surface area contributed by atoms with Crippen molar-refractivity contribution in [2.75, 3.05) is 5.73 Å². The monoisotopic (exact) mass is 429 g/mol. The number of nitrogens with zero attached hydrogens (tertiary/aromatic N) is 6. The van der Waals surface area contributed by atoms with Crippen LogP contribution in [0, 0.1) is 24.1 Å². The highest BCUT2D eigenvalue weighted by molar-refractivity contribution is 5.74. The molecule has 1 unspecified atom stereocenters. The van der Waals surface area contributed by atoms with Crippen molar-refractivity contribution in [3.8, 4) is 28.6 Å². The molecule has 4 heterocycles. The summed E-state index contributed by atoms with van der Waals surface area (Å²) in [5.74, 6) is 0.181. The second kappa shape index (κ2) is 7.20. The molecule has 0 saturated carbocycles. The van der Waals surface area contributed by atoms with E-state index >= 15 is 0 Å². The Hall–Kier alpha value is -4.19. The van der Waals surface area contributed by atoms with Crippen LogP contribution in [0.2, 0.25) is 0 Å². The van der Waals surface area contributed by atoms with E-state index < -0.39 is 6.10 Å². The van der Waals surface area contributed by atoms with Crippen LogP contribution in [-0.4, -0.2) is 24.5 Å². The third-order valence-electron chi connectivity index (χ3n) is 5.66. The van der Waals surface area contributed by atoms with Crippen molar-refractivity contribution in [2.24, 2.45) is 7.05 Å². The number of aromatic nitrogens is 5. The Morgan fingerprint density at radius 1 is 1.25 bits per heavy atom. The third-order valence-corrected chi connectivity index (χ3v) is 5.66. The molecule has 1 aromatic carbocycles. The topological polar surface area (TPSA) is 108 Å². The lowest BCUT2D eigenvalue weighted by atomic mass is 10.0. The molecule has 0 aliphatic carbocycles. The van der Waals surface area contributed by atoms with Gasteiger partial charge in [-0.15, -0.1) is 0 Å². The van der Waals surface area contributed by atoms with Gasteiger partial charge in [0.2, 0.25) is 0 Å². The molecule has 1 atom stereocenters. The number of hydrogen-bond donors (Lipinski definition) is 1. The van der Waals surface area contributed by atoms with Gasteiger partial charge in [0.25, 0.3) is 0 Å². The second-order valence-electron chi connectivity index (χ2n) is 7.84. The number of halogens is 1. The van der Waals surface area contributed by atoms with E-state index in [9.17, 15) is 9.65 Å². The SMILES string of the molecule is Cc1cc2n(n1)-c1ccc(F)cc1C(C)Oc1cc(cnc1N)-c1c(C#N)nn(C)c1C2. The standard InChI is InChI=1S/C23H20FN7O/c1-12-6-16-9-20-22(18(10-25)29-30(20)3)14-7-21(23(26)27-11-14)32-13(2)17-8-15(24)4-5-19(17)31(16)28-12/h4-8,11,13H,9H2,1-3H3,(H2,26,27). The lowest BCUT2D eigenvalue weighted by Crippen LogP contribution is -2.14. The maximum Gasteiger partial charge on any atom is 0.170 e. The van der Waals surface area contributed by atoms with E-state index in [4.69, 9.17) is 10.5 Å². The molecule has 3 aromatic heterocycles. The molecule has 32 heavy (non-hydrogen) atoms. The Morgan fingerprint density at radius 3 is 2.84 bits per heavy atom. The van der Waals surface area contributed by atoms with E-state index in [1.807, 2.05) is 19.9 Å². The molecule has 0 fully saturated rings. The predicted octanol–water partition coefficient (Wildman–Crippen LogP) is 3.61. The van der Waals surface area contributed by atoms with Crippen molar-refractivity contribution in [1.82, 2.24) is 24.5 Å². The molecule has 1 aliphatic rings. The van der Waals surface area contributed by atoms with Crippen molar-refractivity contribution in [3.05, 3.63) is 70.7 Å². The van der Waals surface area contributed by atoms with Crippen molar-refractivity contribution < 1.29 is 9.13 Å². The first-order valence-electron chi connectivity index (χ1n) is 10.1. The maximum absolute atomic E-state index is 14.2. The van der Waals surface area contributed by atoms with Crippen LogP contribution in [-0.2, 0) is 13.5 Å². The Bertz CT molecular complexity index is 1410. The van der Waals surface area contributed by atoms with Gasteiger partial charge < -0.3 is 10.5 Å². The van der Waals surface area contributed by atoms with Crippen LogP contribution in [0.15, 0.2) is 36.5 Å². The Kier molecular flexibility index (Phi) is 4.44. The highest BCUT2D eigenvalue weighted by Crippen LogP contribution is 2.37. The predicted molar refractivity (Wildman–Crippen MR) is 116 cm³/mol. The van der Waals surface area contributed by atoms with Crippen molar-refractivity contribution in [1.29, 1.82) is 5.26 Å². The van der Waals surface area contributed by atoms with Crippen LogP contribution in [0.3, 0.4) is 0 Å². The molecule has 2 bridgehead atoms. The van der Waals surface area contributed by atoms with Crippen LogP contribution in [0.25, 0.3) is 16.8 Å². The summed E-state index contributed by atoms with van der Waals surface area (Å²) < 4.78 is 23.9. The molecule has 1 aliphatic heterocycles. The van der Waals surface area contributed by atoms with Gasteiger partial charge in [0.05, 0.1) is 22.8 Å². The van der Waals surface area contributed by atoms with Gasteiger partial charge in [0.15, 0.2) is 17.3 Å². The van der Waals surface area contributed by atoms with Crippen LogP contribution in [0.1, 0.15) is 41.4 Å². The normalized spacial score (nSPS) is 14.8. The van der Waals surface area contributed by atoms with Crippen molar-refractivity contribution in [2.45, 2.75) is 26.4 Å². The number of pyridine rings is 1. The van der Waals surface area contributed by atoms with E-state index in [2.05, 4.69) is 21.3 Å².